The number of rotatable bonds is 7. The Labute approximate surface area is 148 Å². The molecule has 2 aromatic heterocycles. The molecule has 2 atom stereocenters. The Morgan fingerprint density at radius 2 is 2.32 bits per heavy atom. The highest BCUT2D eigenvalue weighted by Crippen LogP contribution is 2.28. The summed E-state index contributed by atoms with van der Waals surface area (Å²) in [7, 11) is 3.58. The minimum Gasteiger partial charge on any atom is -0.481 e. The molecule has 0 aromatic carbocycles. The van der Waals surface area contributed by atoms with Gasteiger partial charge < -0.3 is 19.0 Å². The average molecular weight is 349 g/mol. The molecular formula is C18H27N3O4. The molecule has 2 aromatic rings. The van der Waals surface area contributed by atoms with Crippen molar-refractivity contribution in [3.63, 3.8) is 0 Å². The van der Waals surface area contributed by atoms with E-state index in [1.54, 1.807) is 30.2 Å². The van der Waals surface area contributed by atoms with E-state index in [0.29, 0.717) is 25.4 Å². The van der Waals surface area contributed by atoms with Crippen molar-refractivity contribution in [2.45, 2.75) is 38.5 Å². The number of furan rings is 1. The van der Waals surface area contributed by atoms with Crippen molar-refractivity contribution < 1.29 is 19.0 Å². The molecule has 3 heterocycles. The monoisotopic (exact) mass is 349 g/mol. The summed E-state index contributed by atoms with van der Waals surface area (Å²) in [5.74, 6) is 1.40. The molecule has 1 saturated heterocycles. The third-order valence-electron chi connectivity index (χ3n) is 4.78. The van der Waals surface area contributed by atoms with Crippen LogP contribution in [0.4, 0.5) is 0 Å². The second kappa shape index (κ2) is 8.03. The van der Waals surface area contributed by atoms with Crippen LogP contribution in [0.15, 0.2) is 22.8 Å². The molecule has 0 amide bonds. The van der Waals surface area contributed by atoms with E-state index in [2.05, 4.69) is 16.9 Å². The summed E-state index contributed by atoms with van der Waals surface area (Å²) in [5, 5.41) is 15.0. The summed E-state index contributed by atoms with van der Waals surface area (Å²) < 4.78 is 18.3. The van der Waals surface area contributed by atoms with E-state index in [0.717, 1.165) is 36.6 Å². The summed E-state index contributed by atoms with van der Waals surface area (Å²) >= 11 is 0. The summed E-state index contributed by atoms with van der Waals surface area (Å²) in [6, 6.07) is 3.71. The van der Waals surface area contributed by atoms with Crippen molar-refractivity contribution in [3.8, 4) is 5.88 Å². The quantitative estimate of drug-likeness (QED) is 0.823. The second-order valence-electron chi connectivity index (χ2n) is 6.38. The van der Waals surface area contributed by atoms with Crippen molar-refractivity contribution in [1.82, 2.24) is 14.7 Å². The van der Waals surface area contributed by atoms with Crippen molar-refractivity contribution >= 4 is 0 Å². The molecule has 2 unspecified atom stereocenters. The largest absolute Gasteiger partial charge is 0.481 e. The van der Waals surface area contributed by atoms with E-state index in [9.17, 15) is 5.11 Å². The third kappa shape index (κ3) is 3.89. The zero-order valence-electron chi connectivity index (χ0n) is 15.1. The van der Waals surface area contributed by atoms with E-state index < -0.39 is 6.10 Å². The maximum absolute atomic E-state index is 10.4. The standard InChI is InChI=1S/C18H27N3O4/c1-4-15-14(18(23-3)20(2)19-15)11-21-7-9-24-12-13(21)10-16(22)17-6-5-8-25-17/h5-6,8,13,16,22H,4,7,9-12H2,1-3H3. The second-order valence-corrected chi connectivity index (χ2v) is 6.38. The fourth-order valence-electron chi connectivity index (χ4n) is 3.48. The minimum absolute atomic E-state index is 0.114. The normalized spacial score (nSPS) is 19.9. The molecule has 0 aliphatic carbocycles. The zero-order valence-corrected chi connectivity index (χ0v) is 15.1. The van der Waals surface area contributed by atoms with Gasteiger partial charge in [-0.25, -0.2) is 4.68 Å². The molecule has 25 heavy (non-hydrogen) atoms. The molecule has 7 heteroatoms. The fourth-order valence-corrected chi connectivity index (χ4v) is 3.48. The molecule has 1 fully saturated rings. The van der Waals surface area contributed by atoms with Gasteiger partial charge in [0.1, 0.15) is 11.9 Å². The van der Waals surface area contributed by atoms with E-state index in [-0.39, 0.29) is 6.04 Å². The molecule has 0 bridgehead atoms. The molecule has 1 aliphatic rings. The number of aliphatic hydroxyl groups excluding tert-OH is 1. The van der Waals surface area contributed by atoms with Gasteiger partial charge in [0.05, 0.1) is 37.8 Å². The van der Waals surface area contributed by atoms with Crippen LogP contribution in [0.3, 0.4) is 0 Å². The molecule has 1 aliphatic heterocycles. The van der Waals surface area contributed by atoms with Gasteiger partial charge in [0.15, 0.2) is 0 Å². The predicted octanol–water partition coefficient (Wildman–Crippen LogP) is 1.91. The van der Waals surface area contributed by atoms with Crippen LogP contribution in [-0.4, -0.2) is 52.7 Å². The Balaban J connectivity index is 1.75. The van der Waals surface area contributed by atoms with E-state index in [1.165, 1.54) is 0 Å². The molecule has 0 spiro atoms. The van der Waals surface area contributed by atoms with E-state index >= 15 is 0 Å². The Kier molecular flexibility index (Phi) is 5.78. The number of ether oxygens (including phenoxy) is 2. The number of hydrogen-bond acceptors (Lipinski definition) is 6. The van der Waals surface area contributed by atoms with Crippen LogP contribution in [0, 0.1) is 0 Å². The number of aromatic nitrogens is 2. The average Bonchev–Trinajstić information content (AvgIpc) is 3.24. The molecule has 1 N–H and O–H groups in total. The van der Waals surface area contributed by atoms with Crippen LogP contribution in [0.25, 0.3) is 0 Å². The van der Waals surface area contributed by atoms with Crippen LogP contribution in [-0.2, 0) is 24.8 Å². The smallest absolute Gasteiger partial charge is 0.216 e. The SMILES string of the molecule is CCc1nn(C)c(OC)c1CN1CCOCC1CC(O)c1ccco1. The van der Waals surface area contributed by atoms with Gasteiger partial charge in [0.2, 0.25) is 5.88 Å². The van der Waals surface area contributed by atoms with Gasteiger partial charge in [0.25, 0.3) is 0 Å². The number of methoxy groups -OCH3 is 1. The number of aryl methyl sites for hydroxylation is 2. The van der Waals surface area contributed by atoms with Gasteiger partial charge >= 0.3 is 0 Å². The van der Waals surface area contributed by atoms with Gasteiger partial charge in [0, 0.05) is 26.2 Å². The Hall–Kier alpha value is -1.83. The van der Waals surface area contributed by atoms with Crippen molar-refractivity contribution in [1.29, 1.82) is 0 Å². The maximum atomic E-state index is 10.4. The van der Waals surface area contributed by atoms with Crippen molar-refractivity contribution in [3.05, 3.63) is 35.4 Å². The first-order chi connectivity index (χ1) is 12.1. The predicted molar refractivity (Wildman–Crippen MR) is 92.4 cm³/mol. The molecule has 0 radical (unpaired) electrons. The van der Waals surface area contributed by atoms with Crippen LogP contribution in [0.5, 0.6) is 5.88 Å². The van der Waals surface area contributed by atoms with Gasteiger partial charge in [-0.2, -0.15) is 5.10 Å². The van der Waals surface area contributed by atoms with Crippen LogP contribution in [0.2, 0.25) is 0 Å². The van der Waals surface area contributed by atoms with Gasteiger partial charge in [-0.15, -0.1) is 0 Å². The van der Waals surface area contributed by atoms with E-state index in [4.69, 9.17) is 13.9 Å². The molecule has 0 saturated carbocycles. The molecule has 138 valence electrons. The lowest BCUT2D eigenvalue weighted by atomic mass is 10.0. The highest BCUT2D eigenvalue weighted by Gasteiger charge is 2.29. The number of nitrogens with zero attached hydrogens (tertiary/aromatic N) is 3. The van der Waals surface area contributed by atoms with Crippen molar-refractivity contribution in [2.24, 2.45) is 7.05 Å². The lowest BCUT2D eigenvalue weighted by Gasteiger charge is -2.36. The first-order valence-electron chi connectivity index (χ1n) is 8.76. The van der Waals surface area contributed by atoms with Crippen LogP contribution >= 0.6 is 0 Å². The minimum atomic E-state index is -0.634. The molecule has 3 rings (SSSR count). The molecular weight excluding hydrogens is 322 g/mol. The van der Waals surface area contributed by atoms with Crippen LogP contribution in [0.1, 0.15) is 36.5 Å². The summed E-state index contributed by atoms with van der Waals surface area (Å²) in [4.78, 5) is 2.34. The fraction of sp³-hybridized carbons (Fsp3) is 0.611. The highest BCUT2D eigenvalue weighted by atomic mass is 16.5. The first kappa shape index (κ1) is 18.0. The highest BCUT2D eigenvalue weighted by molar-refractivity contribution is 5.32. The maximum Gasteiger partial charge on any atom is 0.216 e. The number of hydrogen-bond donors (Lipinski definition) is 1. The molecule has 7 nitrogen and oxygen atoms in total. The van der Waals surface area contributed by atoms with Gasteiger partial charge in [-0.3, -0.25) is 4.90 Å². The Morgan fingerprint density at radius 3 is 3.00 bits per heavy atom. The van der Waals surface area contributed by atoms with Crippen molar-refractivity contribution in [2.75, 3.05) is 26.9 Å². The van der Waals surface area contributed by atoms with Crippen LogP contribution < -0.4 is 4.74 Å². The van der Waals surface area contributed by atoms with E-state index in [1.807, 2.05) is 7.05 Å². The number of morpholine rings is 1. The lowest BCUT2D eigenvalue weighted by Crippen LogP contribution is -2.45. The lowest BCUT2D eigenvalue weighted by molar-refractivity contribution is -0.0326. The Morgan fingerprint density at radius 1 is 1.48 bits per heavy atom. The van der Waals surface area contributed by atoms with Gasteiger partial charge in [-0.05, 0) is 25.0 Å². The summed E-state index contributed by atoms with van der Waals surface area (Å²) in [6.07, 6.45) is 2.38. The summed E-state index contributed by atoms with van der Waals surface area (Å²) in [6.45, 7) is 4.94. The first-order valence-corrected chi connectivity index (χ1v) is 8.76. The summed E-state index contributed by atoms with van der Waals surface area (Å²) in [5.41, 5.74) is 2.17. The zero-order chi connectivity index (χ0) is 17.8. The number of aliphatic hydroxyl groups is 1. The van der Waals surface area contributed by atoms with Gasteiger partial charge in [-0.1, -0.05) is 6.92 Å². The topological polar surface area (TPSA) is 72.9 Å². The Bertz CT molecular complexity index is 668. The third-order valence-corrected chi connectivity index (χ3v) is 4.78.